The molecule has 0 aliphatic carbocycles. The number of hydrogen-bond acceptors (Lipinski definition) is 4. The van der Waals surface area contributed by atoms with E-state index in [9.17, 15) is 9.90 Å². The first kappa shape index (κ1) is 15.5. The van der Waals surface area contributed by atoms with Crippen LogP contribution in [0.2, 0.25) is 0 Å². The van der Waals surface area contributed by atoms with Crippen LogP contribution in [0.4, 0.5) is 0 Å². The Kier molecular flexibility index (Phi) is 5.33. The highest BCUT2D eigenvalue weighted by Gasteiger charge is 2.17. The third-order valence-corrected chi connectivity index (χ3v) is 3.61. The van der Waals surface area contributed by atoms with E-state index in [0.29, 0.717) is 37.4 Å². The molecule has 0 radical (unpaired) electrons. The number of phenolic OH excluding ortho intramolecular Hbond substituents is 1. The Morgan fingerprint density at radius 3 is 3.05 bits per heavy atom. The first-order valence-electron chi connectivity index (χ1n) is 6.90. The number of phenols is 1. The number of carbonyl (C=O) groups is 1. The molecule has 1 aromatic carbocycles. The molecule has 0 saturated carbocycles. The summed E-state index contributed by atoms with van der Waals surface area (Å²) >= 11 is 5.55. The molecule has 0 aromatic heterocycles. The fourth-order valence-corrected chi connectivity index (χ4v) is 2.27. The Labute approximate surface area is 128 Å². The number of allylic oxidation sites excluding steroid dienone is 1. The summed E-state index contributed by atoms with van der Waals surface area (Å²) in [4.78, 5) is 16.9. The quantitative estimate of drug-likeness (QED) is 0.706. The van der Waals surface area contributed by atoms with Crippen LogP contribution >= 0.6 is 11.6 Å². The number of carbonyl (C=O) groups excluding carboxylic acids is 1. The van der Waals surface area contributed by atoms with Crippen molar-refractivity contribution in [1.82, 2.24) is 10.8 Å². The number of fused-ring (bicyclic) bond motifs is 1. The zero-order valence-corrected chi connectivity index (χ0v) is 12.7. The van der Waals surface area contributed by atoms with E-state index >= 15 is 0 Å². The van der Waals surface area contributed by atoms with Crippen LogP contribution in [0.1, 0.15) is 31.7 Å². The van der Waals surface area contributed by atoms with Crippen LogP contribution in [0.5, 0.6) is 11.5 Å². The lowest BCUT2D eigenvalue weighted by molar-refractivity contribution is -0.121. The monoisotopic (exact) mass is 310 g/mol. The molecular weight excluding hydrogens is 292 g/mol. The maximum Gasteiger partial charge on any atom is 0.220 e. The van der Waals surface area contributed by atoms with Gasteiger partial charge in [-0.1, -0.05) is 0 Å². The van der Waals surface area contributed by atoms with Crippen molar-refractivity contribution in [3.63, 3.8) is 0 Å². The summed E-state index contributed by atoms with van der Waals surface area (Å²) < 4.78 is 0. The second kappa shape index (κ2) is 7.22. The number of rotatable bonds is 6. The van der Waals surface area contributed by atoms with Gasteiger partial charge in [0.15, 0.2) is 5.75 Å². The van der Waals surface area contributed by atoms with E-state index in [2.05, 4.69) is 10.8 Å². The van der Waals surface area contributed by atoms with E-state index in [1.807, 2.05) is 6.92 Å². The van der Waals surface area contributed by atoms with Gasteiger partial charge in [0.25, 0.3) is 0 Å². The minimum atomic E-state index is 0.00340. The molecule has 6 heteroatoms. The highest BCUT2D eigenvalue weighted by Crippen LogP contribution is 2.34. The second-order valence-electron chi connectivity index (χ2n) is 4.88. The molecule has 1 heterocycles. The number of hydroxylamine groups is 1. The lowest BCUT2D eigenvalue weighted by atomic mass is 10.0. The average Bonchev–Trinajstić information content (AvgIpc) is 2.48. The standard InChI is InChI=1S/C15H19ClN2O3/c1-10-12-9-11(19)4-5-14(12)21-18-13(10)6-8-17-15(20)3-2-7-16/h4-5,9,18-19H,2-3,6-8H2,1H3,(H,17,20). The van der Waals surface area contributed by atoms with Crippen LogP contribution < -0.4 is 15.6 Å². The van der Waals surface area contributed by atoms with Gasteiger partial charge in [0.1, 0.15) is 5.75 Å². The molecule has 1 aliphatic rings. The summed E-state index contributed by atoms with van der Waals surface area (Å²) in [6, 6.07) is 4.96. The van der Waals surface area contributed by atoms with Gasteiger partial charge in [0, 0.05) is 30.8 Å². The van der Waals surface area contributed by atoms with Gasteiger partial charge >= 0.3 is 0 Å². The van der Waals surface area contributed by atoms with Gasteiger partial charge in [-0.05, 0) is 37.1 Å². The Morgan fingerprint density at radius 2 is 2.29 bits per heavy atom. The van der Waals surface area contributed by atoms with Crippen molar-refractivity contribution in [3.8, 4) is 11.5 Å². The predicted molar refractivity (Wildman–Crippen MR) is 82.0 cm³/mol. The predicted octanol–water partition coefficient (Wildman–Crippen LogP) is 2.55. The molecule has 5 nitrogen and oxygen atoms in total. The van der Waals surface area contributed by atoms with Crippen LogP contribution in [0.15, 0.2) is 23.9 Å². The van der Waals surface area contributed by atoms with Crippen molar-refractivity contribution in [2.45, 2.75) is 26.2 Å². The molecule has 1 aliphatic heterocycles. The van der Waals surface area contributed by atoms with E-state index in [1.165, 1.54) is 0 Å². The molecule has 0 unspecified atom stereocenters. The van der Waals surface area contributed by atoms with Crippen LogP contribution in [0.3, 0.4) is 0 Å². The van der Waals surface area contributed by atoms with E-state index in [1.54, 1.807) is 18.2 Å². The molecule has 2 rings (SSSR count). The molecule has 0 spiro atoms. The molecule has 114 valence electrons. The maximum absolute atomic E-state index is 11.5. The molecule has 1 amide bonds. The molecule has 3 N–H and O–H groups in total. The van der Waals surface area contributed by atoms with Crippen LogP contribution in [0, 0.1) is 0 Å². The molecule has 0 atom stereocenters. The first-order chi connectivity index (χ1) is 10.1. The Morgan fingerprint density at radius 1 is 1.48 bits per heavy atom. The summed E-state index contributed by atoms with van der Waals surface area (Å²) in [6.07, 6.45) is 1.76. The number of alkyl halides is 1. The SMILES string of the molecule is CC1=C(CCNC(=O)CCCCl)NOc2ccc(O)cc21. The van der Waals surface area contributed by atoms with Gasteiger partial charge in [-0.2, -0.15) is 0 Å². The smallest absolute Gasteiger partial charge is 0.220 e. The lowest BCUT2D eigenvalue weighted by Crippen LogP contribution is -2.29. The fraction of sp³-hybridized carbons (Fsp3) is 0.400. The number of amides is 1. The topological polar surface area (TPSA) is 70.6 Å². The van der Waals surface area contributed by atoms with Crippen molar-refractivity contribution in [3.05, 3.63) is 29.5 Å². The van der Waals surface area contributed by atoms with E-state index in [0.717, 1.165) is 16.8 Å². The third kappa shape index (κ3) is 4.04. The second-order valence-corrected chi connectivity index (χ2v) is 5.26. The summed E-state index contributed by atoms with van der Waals surface area (Å²) in [5.74, 6) is 1.38. The fourth-order valence-electron chi connectivity index (χ4n) is 2.14. The van der Waals surface area contributed by atoms with Gasteiger partial charge in [0.05, 0.1) is 5.70 Å². The maximum atomic E-state index is 11.5. The molecule has 1 aromatic rings. The van der Waals surface area contributed by atoms with Crippen LogP contribution in [0.25, 0.3) is 5.57 Å². The first-order valence-corrected chi connectivity index (χ1v) is 7.44. The van der Waals surface area contributed by atoms with Gasteiger partial charge in [0.2, 0.25) is 5.91 Å². The number of halogens is 1. The average molecular weight is 311 g/mol. The minimum Gasteiger partial charge on any atom is -0.508 e. The van der Waals surface area contributed by atoms with E-state index < -0.39 is 0 Å². The zero-order chi connectivity index (χ0) is 15.2. The van der Waals surface area contributed by atoms with Gasteiger partial charge in [-0.15, -0.1) is 11.6 Å². The van der Waals surface area contributed by atoms with E-state index in [-0.39, 0.29) is 11.7 Å². The van der Waals surface area contributed by atoms with Crippen LogP contribution in [-0.2, 0) is 4.79 Å². The highest BCUT2D eigenvalue weighted by molar-refractivity contribution is 6.17. The van der Waals surface area contributed by atoms with E-state index in [4.69, 9.17) is 16.4 Å². The van der Waals surface area contributed by atoms with Crippen molar-refractivity contribution in [2.75, 3.05) is 12.4 Å². The largest absolute Gasteiger partial charge is 0.508 e. The summed E-state index contributed by atoms with van der Waals surface area (Å²) in [5, 5.41) is 12.4. The molecule has 0 fully saturated rings. The van der Waals surface area contributed by atoms with Crippen molar-refractivity contribution >= 4 is 23.1 Å². The summed E-state index contributed by atoms with van der Waals surface area (Å²) in [5.41, 5.74) is 5.64. The minimum absolute atomic E-state index is 0.00340. The molecule has 21 heavy (non-hydrogen) atoms. The van der Waals surface area contributed by atoms with Crippen molar-refractivity contribution in [1.29, 1.82) is 0 Å². The van der Waals surface area contributed by atoms with Gasteiger partial charge in [-0.3, -0.25) is 4.79 Å². The van der Waals surface area contributed by atoms with Gasteiger partial charge in [-0.25, -0.2) is 5.48 Å². The Bertz CT molecular complexity index is 558. The third-order valence-electron chi connectivity index (χ3n) is 3.34. The Hall–Kier alpha value is -1.88. The molecule has 0 saturated heterocycles. The number of aromatic hydroxyl groups is 1. The lowest BCUT2D eigenvalue weighted by Gasteiger charge is -2.23. The van der Waals surface area contributed by atoms with Gasteiger partial charge < -0.3 is 15.3 Å². The number of nitrogens with one attached hydrogen (secondary N) is 2. The number of hydrogen-bond donors (Lipinski definition) is 3. The highest BCUT2D eigenvalue weighted by atomic mass is 35.5. The Balaban J connectivity index is 1.95. The van der Waals surface area contributed by atoms with Crippen LogP contribution in [-0.4, -0.2) is 23.4 Å². The van der Waals surface area contributed by atoms with Crippen molar-refractivity contribution in [2.24, 2.45) is 0 Å². The summed E-state index contributed by atoms with van der Waals surface area (Å²) in [7, 11) is 0. The zero-order valence-electron chi connectivity index (χ0n) is 11.9. The molecular formula is C15H19ClN2O3. The molecule has 0 bridgehead atoms. The summed E-state index contributed by atoms with van der Waals surface area (Å²) in [6.45, 7) is 2.48. The number of benzene rings is 1. The van der Waals surface area contributed by atoms with Crippen molar-refractivity contribution < 1.29 is 14.7 Å². The normalized spacial score (nSPS) is 13.2.